The molecule has 1 saturated heterocycles. The number of hydrogen-bond acceptors (Lipinski definition) is 4. The summed E-state index contributed by atoms with van der Waals surface area (Å²) in [4.78, 5) is 4.50. The summed E-state index contributed by atoms with van der Waals surface area (Å²) in [7, 11) is 0. The minimum atomic E-state index is 0.706. The highest BCUT2D eigenvalue weighted by atomic mass is 16.5. The van der Waals surface area contributed by atoms with Gasteiger partial charge in [0.2, 0.25) is 11.7 Å². The summed E-state index contributed by atoms with van der Waals surface area (Å²) in [5, 5.41) is 7.47. The second-order valence-electron chi connectivity index (χ2n) is 5.22. The van der Waals surface area contributed by atoms with Crippen LogP contribution in [0.4, 0.5) is 0 Å². The molecule has 0 aliphatic carbocycles. The van der Waals surface area contributed by atoms with Crippen molar-refractivity contribution in [2.45, 2.75) is 26.2 Å². The Kier molecular flexibility index (Phi) is 3.60. The quantitative estimate of drug-likeness (QED) is 0.914. The van der Waals surface area contributed by atoms with Crippen LogP contribution in [0.2, 0.25) is 0 Å². The van der Waals surface area contributed by atoms with Crippen molar-refractivity contribution in [2.24, 2.45) is 5.92 Å². The van der Waals surface area contributed by atoms with Gasteiger partial charge in [0.15, 0.2) is 0 Å². The molecule has 2 aromatic rings. The SMILES string of the molecule is Cc1ccccc1-c1noc(CCC2CCNC2)n1. The molecule has 0 amide bonds. The first kappa shape index (κ1) is 12.4. The van der Waals surface area contributed by atoms with Gasteiger partial charge in [-0.2, -0.15) is 4.98 Å². The molecule has 4 nitrogen and oxygen atoms in total. The molecule has 100 valence electrons. The molecule has 1 aliphatic rings. The molecule has 0 radical (unpaired) electrons. The third-order valence-electron chi connectivity index (χ3n) is 3.78. The monoisotopic (exact) mass is 257 g/mol. The smallest absolute Gasteiger partial charge is 0.226 e. The van der Waals surface area contributed by atoms with Crippen LogP contribution < -0.4 is 5.32 Å². The molecule has 1 atom stereocenters. The minimum Gasteiger partial charge on any atom is -0.339 e. The Labute approximate surface area is 113 Å². The van der Waals surface area contributed by atoms with Crippen molar-refractivity contribution in [2.75, 3.05) is 13.1 Å². The lowest BCUT2D eigenvalue weighted by molar-refractivity contribution is 0.365. The van der Waals surface area contributed by atoms with Crippen LogP contribution in [0, 0.1) is 12.8 Å². The number of hydrogen-bond donors (Lipinski definition) is 1. The molecule has 1 aromatic carbocycles. The predicted octanol–water partition coefficient (Wildman–Crippen LogP) is 2.59. The average molecular weight is 257 g/mol. The summed E-state index contributed by atoms with van der Waals surface area (Å²) in [5.41, 5.74) is 2.23. The van der Waals surface area contributed by atoms with Crippen LogP contribution in [0.5, 0.6) is 0 Å². The fraction of sp³-hybridized carbons (Fsp3) is 0.467. The highest BCUT2D eigenvalue weighted by molar-refractivity contribution is 5.58. The Balaban J connectivity index is 1.67. The van der Waals surface area contributed by atoms with E-state index < -0.39 is 0 Å². The molecular weight excluding hydrogens is 238 g/mol. The maximum absolute atomic E-state index is 5.35. The lowest BCUT2D eigenvalue weighted by Gasteiger charge is -2.04. The van der Waals surface area contributed by atoms with Crippen LogP contribution in [0.15, 0.2) is 28.8 Å². The number of nitrogens with zero attached hydrogens (tertiary/aromatic N) is 2. The molecule has 1 N–H and O–H groups in total. The first-order valence-corrected chi connectivity index (χ1v) is 6.92. The van der Waals surface area contributed by atoms with Gasteiger partial charge in [-0.3, -0.25) is 0 Å². The molecule has 4 heteroatoms. The Morgan fingerprint density at radius 1 is 1.37 bits per heavy atom. The normalized spacial score (nSPS) is 18.9. The van der Waals surface area contributed by atoms with Gasteiger partial charge < -0.3 is 9.84 Å². The van der Waals surface area contributed by atoms with Crippen molar-refractivity contribution in [1.82, 2.24) is 15.5 Å². The topological polar surface area (TPSA) is 51.0 Å². The van der Waals surface area contributed by atoms with E-state index in [9.17, 15) is 0 Å². The van der Waals surface area contributed by atoms with Gasteiger partial charge in [-0.05, 0) is 44.3 Å². The van der Waals surface area contributed by atoms with E-state index in [0.717, 1.165) is 43.3 Å². The van der Waals surface area contributed by atoms with Gasteiger partial charge in [-0.15, -0.1) is 0 Å². The van der Waals surface area contributed by atoms with E-state index >= 15 is 0 Å². The first-order chi connectivity index (χ1) is 9.33. The Morgan fingerprint density at radius 2 is 2.26 bits per heavy atom. The van der Waals surface area contributed by atoms with Crippen LogP contribution in [0.1, 0.15) is 24.3 Å². The summed E-state index contributed by atoms with van der Waals surface area (Å²) in [6.45, 7) is 4.33. The average Bonchev–Trinajstić information content (AvgIpc) is 3.08. The molecule has 19 heavy (non-hydrogen) atoms. The van der Waals surface area contributed by atoms with Gasteiger partial charge in [-0.1, -0.05) is 29.4 Å². The van der Waals surface area contributed by atoms with Crippen LogP contribution in [-0.4, -0.2) is 23.2 Å². The summed E-state index contributed by atoms with van der Waals surface area (Å²) in [6, 6.07) is 8.12. The maximum Gasteiger partial charge on any atom is 0.226 e. The van der Waals surface area contributed by atoms with Crippen LogP contribution >= 0.6 is 0 Å². The maximum atomic E-state index is 5.35. The van der Waals surface area contributed by atoms with Crippen molar-refractivity contribution in [3.63, 3.8) is 0 Å². The molecule has 1 aromatic heterocycles. The van der Waals surface area contributed by atoms with Crippen LogP contribution in [0.25, 0.3) is 11.4 Å². The van der Waals surface area contributed by atoms with Gasteiger partial charge in [0.1, 0.15) is 0 Å². The van der Waals surface area contributed by atoms with Crippen LogP contribution in [-0.2, 0) is 6.42 Å². The summed E-state index contributed by atoms with van der Waals surface area (Å²) < 4.78 is 5.35. The van der Waals surface area contributed by atoms with Crippen molar-refractivity contribution >= 4 is 0 Å². The lowest BCUT2D eigenvalue weighted by Crippen LogP contribution is -2.09. The second-order valence-corrected chi connectivity index (χ2v) is 5.22. The molecule has 1 unspecified atom stereocenters. The summed E-state index contributed by atoms with van der Waals surface area (Å²) in [6.07, 6.45) is 3.27. The zero-order valence-corrected chi connectivity index (χ0v) is 11.2. The van der Waals surface area contributed by atoms with Gasteiger partial charge in [-0.25, -0.2) is 0 Å². The van der Waals surface area contributed by atoms with E-state index in [0.29, 0.717) is 5.82 Å². The third kappa shape index (κ3) is 2.84. The number of benzene rings is 1. The largest absolute Gasteiger partial charge is 0.339 e. The highest BCUT2D eigenvalue weighted by Crippen LogP contribution is 2.21. The first-order valence-electron chi connectivity index (χ1n) is 6.92. The summed E-state index contributed by atoms with van der Waals surface area (Å²) >= 11 is 0. The second kappa shape index (κ2) is 5.53. The van der Waals surface area contributed by atoms with E-state index in [1.165, 1.54) is 12.0 Å². The number of aryl methyl sites for hydroxylation is 2. The lowest BCUT2D eigenvalue weighted by atomic mass is 10.0. The Bertz CT molecular complexity index is 544. The molecular formula is C15H19N3O. The van der Waals surface area contributed by atoms with Crippen LogP contribution in [0.3, 0.4) is 0 Å². The van der Waals surface area contributed by atoms with Crippen molar-refractivity contribution < 1.29 is 4.52 Å². The number of rotatable bonds is 4. The van der Waals surface area contributed by atoms with Crippen molar-refractivity contribution in [1.29, 1.82) is 0 Å². The van der Waals surface area contributed by atoms with Gasteiger partial charge in [0.25, 0.3) is 0 Å². The van der Waals surface area contributed by atoms with Gasteiger partial charge in [0.05, 0.1) is 0 Å². The van der Waals surface area contributed by atoms with E-state index in [1.54, 1.807) is 0 Å². The molecule has 3 rings (SSSR count). The molecule has 1 fully saturated rings. The van der Waals surface area contributed by atoms with Gasteiger partial charge in [0, 0.05) is 12.0 Å². The van der Waals surface area contributed by atoms with E-state index in [-0.39, 0.29) is 0 Å². The Morgan fingerprint density at radius 3 is 3.05 bits per heavy atom. The zero-order valence-electron chi connectivity index (χ0n) is 11.2. The van der Waals surface area contributed by atoms with Crippen molar-refractivity contribution in [3.8, 4) is 11.4 Å². The third-order valence-corrected chi connectivity index (χ3v) is 3.78. The fourth-order valence-corrected chi connectivity index (χ4v) is 2.58. The predicted molar refractivity (Wildman–Crippen MR) is 73.8 cm³/mol. The molecule has 0 bridgehead atoms. The summed E-state index contributed by atoms with van der Waals surface area (Å²) in [5.74, 6) is 2.22. The number of nitrogens with one attached hydrogen (secondary N) is 1. The molecule has 1 aliphatic heterocycles. The van der Waals surface area contributed by atoms with Gasteiger partial charge >= 0.3 is 0 Å². The minimum absolute atomic E-state index is 0.706. The molecule has 0 spiro atoms. The van der Waals surface area contributed by atoms with E-state index in [4.69, 9.17) is 4.52 Å². The van der Waals surface area contributed by atoms with Crippen molar-refractivity contribution in [3.05, 3.63) is 35.7 Å². The fourth-order valence-electron chi connectivity index (χ4n) is 2.58. The molecule has 0 saturated carbocycles. The molecule has 2 heterocycles. The number of aromatic nitrogens is 2. The highest BCUT2D eigenvalue weighted by Gasteiger charge is 2.16. The zero-order chi connectivity index (χ0) is 13.1. The van der Waals surface area contributed by atoms with E-state index in [1.807, 2.05) is 18.2 Å². The van der Waals surface area contributed by atoms with E-state index in [2.05, 4.69) is 28.4 Å². The Hall–Kier alpha value is -1.68. The standard InChI is InChI=1S/C15H19N3O/c1-11-4-2-3-5-13(11)15-17-14(19-18-15)7-6-12-8-9-16-10-12/h2-5,12,16H,6-10H2,1H3.